The number of allylic oxidation sites excluding steroid dienone is 1. The molecule has 0 bridgehead atoms. The van der Waals surface area contributed by atoms with Crippen LogP contribution < -0.4 is 0 Å². The first kappa shape index (κ1) is 22.5. The molecule has 0 aromatic heterocycles. The predicted octanol–water partition coefficient (Wildman–Crippen LogP) is 4.88. The van der Waals surface area contributed by atoms with E-state index in [0.717, 1.165) is 38.5 Å². The van der Waals surface area contributed by atoms with Crippen LogP contribution in [0.2, 0.25) is 0 Å². The second-order valence-electron chi connectivity index (χ2n) is 11.1. The van der Waals surface area contributed by atoms with Gasteiger partial charge in [-0.15, -0.1) is 0 Å². The van der Waals surface area contributed by atoms with Crippen LogP contribution >= 0.6 is 0 Å². The van der Waals surface area contributed by atoms with E-state index in [1.165, 1.54) is 45.4 Å². The van der Waals surface area contributed by atoms with Gasteiger partial charge < -0.3 is 9.47 Å². The van der Waals surface area contributed by atoms with E-state index in [-0.39, 0.29) is 29.2 Å². The molecule has 0 saturated heterocycles. The highest BCUT2D eigenvalue weighted by Crippen LogP contribution is 2.67. The van der Waals surface area contributed by atoms with Crippen LogP contribution in [0.25, 0.3) is 0 Å². The van der Waals surface area contributed by atoms with Crippen LogP contribution in [0, 0.1) is 40.4 Å². The minimum atomic E-state index is -0.465. The summed E-state index contributed by atoms with van der Waals surface area (Å²) in [6.45, 7) is 6.35. The van der Waals surface area contributed by atoms with Gasteiger partial charge in [0.1, 0.15) is 6.10 Å². The number of hydrogen-bond donors (Lipinski definition) is 0. The third-order valence-electron chi connectivity index (χ3n) is 9.88. The van der Waals surface area contributed by atoms with Gasteiger partial charge in [0.25, 0.3) is 0 Å². The molecule has 4 aliphatic carbocycles. The summed E-state index contributed by atoms with van der Waals surface area (Å²) >= 11 is 0. The van der Waals surface area contributed by atoms with Gasteiger partial charge in [0.2, 0.25) is 0 Å². The molecule has 0 spiro atoms. The Kier molecular flexibility index (Phi) is 6.08. The molecule has 0 heterocycles. The Labute approximate surface area is 186 Å². The van der Waals surface area contributed by atoms with E-state index in [2.05, 4.69) is 18.6 Å². The Bertz CT molecular complexity index is 772. The van der Waals surface area contributed by atoms with Crippen molar-refractivity contribution in [2.75, 3.05) is 7.11 Å². The molecule has 5 heteroatoms. The van der Waals surface area contributed by atoms with Gasteiger partial charge >= 0.3 is 11.9 Å². The monoisotopic (exact) mass is 430 g/mol. The summed E-state index contributed by atoms with van der Waals surface area (Å²) in [6.07, 6.45) is 12.7. The SMILES string of the molecule is COC(=O)/C=C/C(=O)[C@H]1CC[C@H]2[C@@H]3CC[C@@H]4C[C@@H](OC(C)=O)CC[C@]4(C)[C@H]3CC[C@]12C. The fourth-order valence-electron chi connectivity index (χ4n) is 8.36. The van der Waals surface area contributed by atoms with Crippen molar-refractivity contribution in [2.24, 2.45) is 40.4 Å². The van der Waals surface area contributed by atoms with E-state index in [0.29, 0.717) is 29.1 Å². The van der Waals surface area contributed by atoms with Gasteiger partial charge in [-0.3, -0.25) is 9.59 Å². The highest BCUT2D eigenvalue weighted by molar-refractivity contribution is 5.97. The first-order valence-electron chi connectivity index (χ1n) is 12.2. The maximum absolute atomic E-state index is 13.0. The zero-order valence-electron chi connectivity index (χ0n) is 19.5. The number of ether oxygens (including phenoxy) is 2. The molecule has 0 radical (unpaired) electrons. The molecule has 4 rings (SSSR count). The number of esters is 2. The molecule has 0 unspecified atom stereocenters. The smallest absolute Gasteiger partial charge is 0.330 e. The Balaban J connectivity index is 1.49. The van der Waals surface area contributed by atoms with Crippen molar-refractivity contribution in [2.45, 2.75) is 84.7 Å². The lowest BCUT2D eigenvalue weighted by molar-refractivity contribution is -0.160. The average molecular weight is 431 g/mol. The minimum Gasteiger partial charge on any atom is -0.466 e. The molecule has 5 nitrogen and oxygen atoms in total. The first-order valence-corrected chi connectivity index (χ1v) is 12.2. The number of carbonyl (C=O) groups excluding carboxylic acids is 3. The first-order chi connectivity index (χ1) is 14.7. The van der Waals surface area contributed by atoms with Crippen LogP contribution in [0.3, 0.4) is 0 Å². The molecule has 8 atom stereocenters. The lowest BCUT2D eigenvalue weighted by atomic mass is 9.44. The summed E-state index contributed by atoms with van der Waals surface area (Å²) in [7, 11) is 1.34. The second-order valence-corrected chi connectivity index (χ2v) is 11.1. The van der Waals surface area contributed by atoms with E-state index in [1.54, 1.807) is 0 Å². The standard InChI is InChI=1S/C26H38O5/c1-16(27)31-18-11-13-25(2)17(15-18)5-6-19-20-7-8-22(23(28)9-10-24(29)30-4)26(20,3)14-12-21(19)25/h9-10,17-22H,5-8,11-15H2,1-4H3/b10-9+/t17-,18+,19+,20+,21+,22-,25+,26+/m1/s1. The number of carbonyl (C=O) groups is 3. The summed E-state index contributed by atoms with van der Waals surface area (Å²) in [5.74, 6) is 2.12. The van der Waals surface area contributed by atoms with Crippen molar-refractivity contribution in [3.63, 3.8) is 0 Å². The quantitative estimate of drug-likeness (QED) is 0.470. The fourth-order valence-corrected chi connectivity index (χ4v) is 8.36. The minimum absolute atomic E-state index is 0.0181. The van der Waals surface area contributed by atoms with Crippen molar-refractivity contribution in [3.8, 4) is 0 Å². The van der Waals surface area contributed by atoms with E-state index in [9.17, 15) is 14.4 Å². The van der Waals surface area contributed by atoms with Crippen LogP contribution in [0.4, 0.5) is 0 Å². The predicted molar refractivity (Wildman–Crippen MR) is 117 cm³/mol. The maximum atomic E-state index is 13.0. The lowest BCUT2D eigenvalue weighted by Gasteiger charge is -2.61. The maximum Gasteiger partial charge on any atom is 0.330 e. The Morgan fingerprint density at radius 1 is 0.871 bits per heavy atom. The molecule has 4 aliphatic rings. The van der Waals surface area contributed by atoms with Gasteiger partial charge in [0, 0.05) is 18.9 Å². The molecular weight excluding hydrogens is 392 g/mol. The van der Waals surface area contributed by atoms with E-state index >= 15 is 0 Å². The van der Waals surface area contributed by atoms with Gasteiger partial charge in [-0.1, -0.05) is 13.8 Å². The van der Waals surface area contributed by atoms with E-state index in [4.69, 9.17) is 4.74 Å². The van der Waals surface area contributed by atoms with Crippen molar-refractivity contribution in [1.29, 1.82) is 0 Å². The molecule has 0 N–H and O–H groups in total. The molecule has 4 fully saturated rings. The molecule has 31 heavy (non-hydrogen) atoms. The summed E-state index contributed by atoms with van der Waals surface area (Å²) in [4.78, 5) is 35.9. The molecule has 0 aromatic rings. The zero-order chi connectivity index (χ0) is 22.4. The fraction of sp³-hybridized carbons (Fsp3) is 0.808. The Hall–Kier alpha value is -1.65. The van der Waals surface area contributed by atoms with Gasteiger partial charge in [-0.2, -0.15) is 0 Å². The summed E-state index contributed by atoms with van der Waals surface area (Å²) < 4.78 is 10.2. The third-order valence-corrected chi connectivity index (χ3v) is 9.88. The van der Waals surface area contributed by atoms with E-state index < -0.39 is 5.97 Å². The molecule has 0 aromatic carbocycles. The summed E-state index contributed by atoms with van der Waals surface area (Å²) in [5, 5.41) is 0. The molecule has 0 aliphatic heterocycles. The molecular formula is C26H38O5. The van der Waals surface area contributed by atoms with Gasteiger partial charge in [0.05, 0.1) is 7.11 Å². The van der Waals surface area contributed by atoms with Crippen molar-refractivity contribution in [1.82, 2.24) is 0 Å². The topological polar surface area (TPSA) is 69.7 Å². The van der Waals surface area contributed by atoms with Crippen LogP contribution in [0.5, 0.6) is 0 Å². The summed E-state index contributed by atoms with van der Waals surface area (Å²) in [5.41, 5.74) is 0.366. The van der Waals surface area contributed by atoms with Crippen molar-refractivity contribution < 1.29 is 23.9 Å². The van der Waals surface area contributed by atoms with Gasteiger partial charge in [-0.25, -0.2) is 4.79 Å². The van der Waals surface area contributed by atoms with Crippen molar-refractivity contribution in [3.05, 3.63) is 12.2 Å². The highest BCUT2D eigenvalue weighted by atomic mass is 16.5. The van der Waals surface area contributed by atoms with E-state index in [1.807, 2.05) is 0 Å². The number of fused-ring (bicyclic) bond motifs is 5. The van der Waals surface area contributed by atoms with Crippen LogP contribution in [-0.2, 0) is 23.9 Å². The van der Waals surface area contributed by atoms with Gasteiger partial charge in [0.15, 0.2) is 5.78 Å². The summed E-state index contributed by atoms with van der Waals surface area (Å²) in [6, 6.07) is 0. The zero-order valence-corrected chi connectivity index (χ0v) is 19.5. The highest BCUT2D eigenvalue weighted by Gasteiger charge is 2.61. The molecule has 172 valence electrons. The van der Waals surface area contributed by atoms with Crippen LogP contribution in [0.15, 0.2) is 12.2 Å². The number of rotatable bonds is 4. The van der Waals surface area contributed by atoms with Crippen LogP contribution in [-0.4, -0.2) is 30.9 Å². The van der Waals surface area contributed by atoms with Crippen molar-refractivity contribution >= 4 is 17.7 Å². The molecule has 4 saturated carbocycles. The third kappa shape index (κ3) is 3.87. The number of hydrogen-bond acceptors (Lipinski definition) is 5. The lowest BCUT2D eigenvalue weighted by Crippen LogP contribution is -2.54. The Morgan fingerprint density at radius 2 is 1.58 bits per heavy atom. The Morgan fingerprint density at radius 3 is 2.29 bits per heavy atom. The van der Waals surface area contributed by atoms with Crippen LogP contribution in [0.1, 0.15) is 78.6 Å². The van der Waals surface area contributed by atoms with Gasteiger partial charge in [-0.05, 0) is 98.4 Å². The number of ketones is 1. The molecule has 0 amide bonds. The average Bonchev–Trinajstić information content (AvgIpc) is 3.09. The normalized spacial score (nSPS) is 44.1. The largest absolute Gasteiger partial charge is 0.466 e. The number of methoxy groups -OCH3 is 1. The second kappa shape index (κ2) is 8.37.